The molecule has 0 bridgehead atoms. The molecule has 0 unspecified atom stereocenters. The number of likely N-dealkylation sites (tertiary alicyclic amines) is 1. The predicted molar refractivity (Wildman–Crippen MR) is 121 cm³/mol. The van der Waals surface area contributed by atoms with Crippen LogP contribution in [-0.2, 0) is 4.79 Å². The minimum absolute atomic E-state index is 0.208. The SMILES string of the molecule is O=C(CC[C@@H]1CCCN(c2cc(NC3CC3)ncn2)C1)NCCN1CCCCCC1. The molecule has 3 heterocycles. The molecule has 0 spiro atoms. The van der Waals surface area contributed by atoms with Gasteiger partial charge in [-0.1, -0.05) is 12.8 Å². The lowest BCUT2D eigenvalue weighted by Gasteiger charge is -2.33. The number of carbonyl (C=O) groups excluding carboxylic acids is 1. The third kappa shape index (κ3) is 6.83. The Balaban J connectivity index is 1.16. The highest BCUT2D eigenvalue weighted by molar-refractivity contribution is 5.75. The van der Waals surface area contributed by atoms with Gasteiger partial charge in [-0.05, 0) is 64.0 Å². The van der Waals surface area contributed by atoms with E-state index in [-0.39, 0.29) is 5.91 Å². The van der Waals surface area contributed by atoms with E-state index in [2.05, 4.69) is 36.5 Å². The molecular formula is C23H38N6O. The predicted octanol–water partition coefficient (Wildman–Crippen LogP) is 3.04. The number of hydrogen-bond donors (Lipinski definition) is 2. The van der Waals surface area contributed by atoms with Crippen LogP contribution in [0.1, 0.15) is 64.2 Å². The van der Waals surface area contributed by atoms with Gasteiger partial charge in [-0.15, -0.1) is 0 Å². The third-order valence-electron chi connectivity index (χ3n) is 6.65. The van der Waals surface area contributed by atoms with Crippen LogP contribution in [0.5, 0.6) is 0 Å². The van der Waals surface area contributed by atoms with Crippen LogP contribution in [0.3, 0.4) is 0 Å². The number of amides is 1. The number of anilines is 2. The molecule has 1 saturated carbocycles. The van der Waals surface area contributed by atoms with Crippen molar-refractivity contribution in [2.24, 2.45) is 5.92 Å². The van der Waals surface area contributed by atoms with Crippen LogP contribution in [0.4, 0.5) is 11.6 Å². The first kappa shape index (κ1) is 21.3. The van der Waals surface area contributed by atoms with Gasteiger partial charge < -0.3 is 20.4 Å². The van der Waals surface area contributed by atoms with Gasteiger partial charge in [-0.3, -0.25) is 4.79 Å². The van der Waals surface area contributed by atoms with Crippen molar-refractivity contribution in [2.45, 2.75) is 70.3 Å². The Morgan fingerprint density at radius 3 is 2.67 bits per heavy atom. The molecule has 1 amide bonds. The van der Waals surface area contributed by atoms with E-state index in [4.69, 9.17) is 0 Å². The molecule has 2 saturated heterocycles. The van der Waals surface area contributed by atoms with E-state index in [0.29, 0.717) is 18.4 Å². The number of piperidine rings is 1. The van der Waals surface area contributed by atoms with Gasteiger partial charge in [0.2, 0.25) is 5.91 Å². The smallest absolute Gasteiger partial charge is 0.220 e. The van der Waals surface area contributed by atoms with Crippen molar-refractivity contribution >= 4 is 17.5 Å². The van der Waals surface area contributed by atoms with Crippen LogP contribution in [0.25, 0.3) is 0 Å². The van der Waals surface area contributed by atoms with Gasteiger partial charge in [0.1, 0.15) is 18.0 Å². The molecule has 7 nitrogen and oxygen atoms in total. The Kier molecular flexibility index (Phi) is 7.78. The molecule has 0 aromatic carbocycles. The number of nitrogens with one attached hydrogen (secondary N) is 2. The summed E-state index contributed by atoms with van der Waals surface area (Å²) in [7, 11) is 0. The number of aromatic nitrogens is 2. The summed E-state index contributed by atoms with van der Waals surface area (Å²) in [6.45, 7) is 6.18. The second-order valence-electron chi connectivity index (χ2n) is 9.28. The van der Waals surface area contributed by atoms with Crippen LogP contribution in [-0.4, -0.2) is 66.1 Å². The standard InChI is InChI=1S/C23H38N6O/c30-23(24-11-15-28-12-3-1-2-4-13-28)10-7-19-6-5-14-29(17-19)22-16-21(25-18-26-22)27-20-8-9-20/h16,18-20H,1-15,17H2,(H,24,30)(H,25,26,27)/t19-/m0/s1. The summed E-state index contributed by atoms with van der Waals surface area (Å²) in [6, 6.07) is 2.68. The van der Waals surface area contributed by atoms with E-state index >= 15 is 0 Å². The van der Waals surface area contributed by atoms with Gasteiger partial charge in [0, 0.05) is 44.7 Å². The molecule has 1 atom stereocenters. The Morgan fingerprint density at radius 1 is 1.03 bits per heavy atom. The van der Waals surface area contributed by atoms with Crippen molar-refractivity contribution in [3.05, 3.63) is 12.4 Å². The van der Waals surface area contributed by atoms with Crippen LogP contribution >= 0.6 is 0 Å². The molecular weight excluding hydrogens is 376 g/mol. The summed E-state index contributed by atoms with van der Waals surface area (Å²) < 4.78 is 0. The number of hydrogen-bond acceptors (Lipinski definition) is 6. The lowest BCUT2D eigenvalue weighted by atomic mass is 9.93. The van der Waals surface area contributed by atoms with Gasteiger partial charge in [-0.25, -0.2) is 9.97 Å². The molecule has 4 rings (SSSR count). The van der Waals surface area contributed by atoms with E-state index in [9.17, 15) is 4.79 Å². The maximum atomic E-state index is 12.3. The molecule has 3 fully saturated rings. The van der Waals surface area contributed by atoms with Crippen molar-refractivity contribution in [3.8, 4) is 0 Å². The fourth-order valence-corrected chi connectivity index (χ4v) is 4.68. The number of rotatable bonds is 9. The largest absolute Gasteiger partial charge is 0.367 e. The zero-order valence-corrected chi connectivity index (χ0v) is 18.3. The van der Waals surface area contributed by atoms with Gasteiger partial charge in [0.25, 0.3) is 0 Å². The van der Waals surface area contributed by atoms with Gasteiger partial charge >= 0.3 is 0 Å². The first-order valence-electron chi connectivity index (χ1n) is 12.1. The molecule has 30 heavy (non-hydrogen) atoms. The van der Waals surface area contributed by atoms with Crippen molar-refractivity contribution in [1.29, 1.82) is 0 Å². The molecule has 1 aromatic rings. The first-order chi connectivity index (χ1) is 14.8. The monoisotopic (exact) mass is 414 g/mol. The van der Waals surface area contributed by atoms with Crippen LogP contribution in [0, 0.1) is 5.92 Å². The average molecular weight is 415 g/mol. The van der Waals surface area contributed by atoms with E-state index in [1.165, 1.54) is 58.0 Å². The lowest BCUT2D eigenvalue weighted by Crippen LogP contribution is -2.37. The maximum absolute atomic E-state index is 12.3. The topological polar surface area (TPSA) is 73.4 Å². The molecule has 2 N–H and O–H groups in total. The first-order valence-corrected chi connectivity index (χ1v) is 12.1. The minimum atomic E-state index is 0.208. The van der Waals surface area contributed by atoms with Crippen molar-refractivity contribution < 1.29 is 4.79 Å². The van der Waals surface area contributed by atoms with Gasteiger partial charge in [0.05, 0.1) is 0 Å². The zero-order valence-electron chi connectivity index (χ0n) is 18.3. The maximum Gasteiger partial charge on any atom is 0.220 e. The zero-order chi connectivity index (χ0) is 20.6. The highest BCUT2D eigenvalue weighted by atomic mass is 16.1. The minimum Gasteiger partial charge on any atom is -0.367 e. The summed E-state index contributed by atoms with van der Waals surface area (Å²) in [5.41, 5.74) is 0. The Hall–Kier alpha value is -1.89. The van der Waals surface area contributed by atoms with E-state index in [0.717, 1.165) is 50.7 Å². The Bertz CT molecular complexity index is 671. The Labute approximate surface area is 181 Å². The molecule has 7 heteroatoms. The highest BCUT2D eigenvalue weighted by Gasteiger charge is 2.24. The van der Waals surface area contributed by atoms with Crippen molar-refractivity contribution in [3.63, 3.8) is 0 Å². The molecule has 1 aliphatic carbocycles. The average Bonchev–Trinajstić information content (AvgIpc) is 3.61. The third-order valence-corrected chi connectivity index (χ3v) is 6.65. The van der Waals surface area contributed by atoms with Gasteiger partial charge in [-0.2, -0.15) is 0 Å². The van der Waals surface area contributed by atoms with E-state index in [1.54, 1.807) is 6.33 Å². The van der Waals surface area contributed by atoms with Crippen molar-refractivity contribution in [2.75, 3.05) is 49.5 Å². The van der Waals surface area contributed by atoms with E-state index < -0.39 is 0 Å². The molecule has 2 aliphatic heterocycles. The number of carbonyl (C=O) groups is 1. The highest BCUT2D eigenvalue weighted by Crippen LogP contribution is 2.27. The van der Waals surface area contributed by atoms with Crippen LogP contribution in [0.15, 0.2) is 12.4 Å². The molecule has 0 radical (unpaired) electrons. The summed E-state index contributed by atoms with van der Waals surface area (Å²) >= 11 is 0. The molecule has 166 valence electrons. The summed E-state index contributed by atoms with van der Waals surface area (Å²) in [4.78, 5) is 26.1. The second-order valence-corrected chi connectivity index (χ2v) is 9.28. The van der Waals surface area contributed by atoms with Gasteiger partial charge in [0.15, 0.2) is 0 Å². The fraction of sp³-hybridized carbons (Fsp3) is 0.783. The van der Waals surface area contributed by atoms with Crippen LogP contribution < -0.4 is 15.5 Å². The quantitative estimate of drug-likeness (QED) is 0.647. The normalized spacial score (nSPS) is 23.1. The summed E-state index contributed by atoms with van der Waals surface area (Å²) in [6.07, 6.45) is 13.4. The molecule has 3 aliphatic rings. The summed E-state index contributed by atoms with van der Waals surface area (Å²) in [5, 5.41) is 6.60. The Morgan fingerprint density at radius 2 is 1.87 bits per heavy atom. The number of nitrogens with zero attached hydrogens (tertiary/aromatic N) is 4. The summed E-state index contributed by atoms with van der Waals surface area (Å²) in [5.74, 6) is 2.72. The second kappa shape index (κ2) is 10.9. The van der Waals surface area contributed by atoms with Crippen LogP contribution in [0.2, 0.25) is 0 Å². The van der Waals surface area contributed by atoms with Crippen molar-refractivity contribution in [1.82, 2.24) is 20.2 Å². The van der Waals surface area contributed by atoms with E-state index in [1.807, 2.05) is 0 Å². The molecule has 1 aromatic heterocycles. The lowest BCUT2D eigenvalue weighted by molar-refractivity contribution is -0.121. The fourth-order valence-electron chi connectivity index (χ4n) is 4.68.